The van der Waals surface area contributed by atoms with Crippen molar-refractivity contribution in [3.05, 3.63) is 0 Å². The Morgan fingerprint density at radius 3 is 2.54 bits per heavy atom. The molecule has 4 atom stereocenters. The fourth-order valence-electron chi connectivity index (χ4n) is 1.26. The van der Waals surface area contributed by atoms with Gasteiger partial charge in [0.1, 0.15) is 24.9 Å². The van der Waals surface area contributed by atoms with Gasteiger partial charge in [0.2, 0.25) is 5.79 Å². The maximum atomic E-state index is 9.44. The average molecular weight is 194 g/mol. The number of aliphatic hydroxyl groups excluding tert-OH is 4. The molecule has 0 saturated carbocycles. The van der Waals surface area contributed by atoms with E-state index in [1.165, 1.54) is 7.11 Å². The standard InChI is InChI=1S/C7H14O6/c1-12-7(3-8)6(11)5(10)4(9)2-13-7/h4-6,8-11H,2-3H2,1H3/t4-,5-,6+,7+/m0/s1. The van der Waals surface area contributed by atoms with Gasteiger partial charge in [-0.3, -0.25) is 0 Å². The van der Waals surface area contributed by atoms with Crippen molar-refractivity contribution in [1.29, 1.82) is 0 Å². The normalized spacial score (nSPS) is 46.4. The zero-order valence-electron chi connectivity index (χ0n) is 7.25. The Balaban J connectivity index is 2.77. The summed E-state index contributed by atoms with van der Waals surface area (Å²) in [6, 6.07) is 0. The van der Waals surface area contributed by atoms with Gasteiger partial charge in [0, 0.05) is 7.11 Å². The molecule has 1 rings (SSSR count). The molecule has 0 spiro atoms. The van der Waals surface area contributed by atoms with E-state index in [1.54, 1.807) is 0 Å². The van der Waals surface area contributed by atoms with Crippen LogP contribution in [-0.2, 0) is 9.47 Å². The fourth-order valence-corrected chi connectivity index (χ4v) is 1.26. The highest BCUT2D eigenvalue weighted by Gasteiger charge is 2.49. The summed E-state index contributed by atoms with van der Waals surface area (Å²) in [5, 5.41) is 36.7. The van der Waals surface area contributed by atoms with E-state index in [2.05, 4.69) is 0 Å². The van der Waals surface area contributed by atoms with Crippen molar-refractivity contribution in [2.45, 2.75) is 24.1 Å². The minimum atomic E-state index is -1.63. The van der Waals surface area contributed by atoms with Gasteiger partial charge in [0.25, 0.3) is 0 Å². The summed E-state index contributed by atoms with van der Waals surface area (Å²) in [6.45, 7) is -0.777. The molecule has 1 aliphatic rings. The third kappa shape index (κ3) is 1.69. The lowest BCUT2D eigenvalue weighted by Crippen LogP contribution is -2.63. The summed E-state index contributed by atoms with van der Waals surface area (Å²) < 4.78 is 9.69. The molecular weight excluding hydrogens is 180 g/mol. The molecule has 0 aliphatic carbocycles. The Morgan fingerprint density at radius 1 is 1.46 bits per heavy atom. The third-order valence-electron chi connectivity index (χ3n) is 2.23. The van der Waals surface area contributed by atoms with Crippen molar-refractivity contribution in [2.75, 3.05) is 20.3 Å². The van der Waals surface area contributed by atoms with Crippen molar-refractivity contribution in [2.24, 2.45) is 0 Å². The summed E-state index contributed by atoms with van der Waals surface area (Å²) in [7, 11) is 1.24. The van der Waals surface area contributed by atoms with E-state index in [9.17, 15) is 10.2 Å². The second-order valence-electron chi connectivity index (χ2n) is 2.99. The van der Waals surface area contributed by atoms with Crippen LogP contribution in [0.2, 0.25) is 0 Å². The molecule has 1 fully saturated rings. The van der Waals surface area contributed by atoms with Gasteiger partial charge in [-0.25, -0.2) is 0 Å². The molecular formula is C7H14O6. The van der Waals surface area contributed by atoms with Crippen LogP contribution in [0.4, 0.5) is 0 Å². The van der Waals surface area contributed by atoms with Crippen LogP contribution in [-0.4, -0.2) is 64.8 Å². The zero-order valence-corrected chi connectivity index (χ0v) is 7.25. The van der Waals surface area contributed by atoms with Gasteiger partial charge < -0.3 is 29.9 Å². The molecule has 0 aromatic carbocycles. The molecule has 6 nitrogen and oxygen atoms in total. The van der Waals surface area contributed by atoms with E-state index < -0.39 is 30.7 Å². The number of aliphatic hydroxyl groups is 4. The highest BCUT2D eigenvalue weighted by Crippen LogP contribution is 2.26. The van der Waals surface area contributed by atoms with Crippen LogP contribution in [0.5, 0.6) is 0 Å². The number of ether oxygens (including phenoxy) is 2. The summed E-state index contributed by atoms with van der Waals surface area (Å²) in [5.74, 6) is -1.63. The topological polar surface area (TPSA) is 99.4 Å². The summed E-state index contributed by atoms with van der Waals surface area (Å²) in [6.07, 6.45) is -4.00. The third-order valence-corrected chi connectivity index (χ3v) is 2.23. The molecule has 1 aliphatic heterocycles. The first-order valence-electron chi connectivity index (χ1n) is 3.91. The lowest BCUT2D eigenvalue weighted by molar-refractivity contribution is -0.340. The molecule has 0 unspecified atom stereocenters. The van der Waals surface area contributed by atoms with E-state index in [-0.39, 0.29) is 6.61 Å². The van der Waals surface area contributed by atoms with Gasteiger partial charge in [-0.2, -0.15) is 0 Å². The van der Waals surface area contributed by atoms with Gasteiger partial charge in [-0.1, -0.05) is 0 Å². The Labute approximate surface area is 75.3 Å². The quantitative estimate of drug-likeness (QED) is 0.386. The number of hydrogen-bond acceptors (Lipinski definition) is 6. The largest absolute Gasteiger partial charge is 0.391 e. The van der Waals surface area contributed by atoms with Gasteiger partial charge in [-0.05, 0) is 0 Å². The first-order valence-corrected chi connectivity index (χ1v) is 3.91. The molecule has 6 heteroatoms. The second kappa shape index (κ2) is 3.87. The molecule has 4 N–H and O–H groups in total. The molecule has 1 saturated heterocycles. The Hall–Kier alpha value is -0.240. The fraction of sp³-hybridized carbons (Fsp3) is 1.00. The molecule has 1 heterocycles. The van der Waals surface area contributed by atoms with Crippen molar-refractivity contribution >= 4 is 0 Å². The van der Waals surface area contributed by atoms with Crippen LogP contribution in [0.25, 0.3) is 0 Å². The molecule has 0 radical (unpaired) electrons. The van der Waals surface area contributed by atoms with Gasteiger partial charge in [-0.15, -0.1) is 0 Å². The van der Waals surface area contributed by atoms with Gasteiger partial charge >= 0.3 is 0 Å². The Kier molecular flexibility index (Phi) is 3.23. The monoisotopic (exact) mass is 194 g/mol. The molecule has 0 amide bonds. The highest BCUT2D eigenvalue weighted by atomic mass is 16.7. The SMILES string of the molecule is CO[C@]1(CO)OC[C@H](O)[C@H](O)[C@H]1O. The van der Waals surface area contributed by atoms with E-state index in [4.69, 9.17) is 19.7 Å². The molecule has 0 bridgehead atoms. The van der Waals surface area contributed by atoms with Crippen LogP contribution in [0.15, 0.2) is 0 Å². The predicted octanol–water partition coefficient (Wildman–Crippen LogP) is -2.57. The molecule has 78 valence electrons. The minimum absolute atomic E-state index is 0.188. The van der Waals surface area contributed by atoms with Crippen LogP contribution in [0, 0.1) is 0 Å². The summed E-state index contributed by atoms with van der Waals surface area (Å²) >= 11 is 0. The maximum absolute atomic E-state index is 9.44. The summed E-state index contributed by atoms with van der Waals surface area (Å²) in [5.41, 5.74) is 0. The minimum Gasteiger partial charge on any atom is -0.391 e. The Morgan fingerprint density at radius 2 is 2.08 bits per heavy atom. The lowest BCUT2D eigenvalue weighted by atomic mass is 9.97. The molecule has 0 aromatic heterocycles. The molecule has 13 heavy (non-hydrogen) atoms. The number of rotatable bonds is 2. The summed E-state index contributed by atoms with van der Waals surface area (Å²) in [4.78, 5) is 0. The number of hydrogen-bond donors (Lipinski definition) is 4. The van der Waals surface area contributed by atoms with Gasteiger partial charge in [0.15, 0.2) is 0 Å². The van der Waals surface area contributed by atoms with Crippen molar-refractivity contribution in [3.8, 4) is 0 Å². The second-order valence-corrected chi connectivity index (χ2v) is 2.99. The first-order chi connectivity index (χ1) is 6.07. The van der Waals surface area contributed by atoms with Crippen LogP contribution >= 0.6 is 0 Å². The number of methoxy groups -OCH3 is 1. The van der Waals surface area contributed by atoms with Crippen LogP contribution in [0.1, 0.15) is 0 Å². The maximum Gasteiger partial charge on any atom is 0.220 e. The Bertz CT molecular complexity index is 168. The highest BCUT2D eigenvalue weighted by molar-refractivity contribution is 4.92. The average Bonchev–Trinajstić information content (AvgIpc) is 2.16. The van der Waals surface area contributed by atoms with Crippen LogP contribution in [0.3, 0.4) is 0 Å². The van der Waals surface area contributed by atoms with E-state index in [1.807, 2.05) is 0 Å². The zero-order chi connectivity index (χ0) is 10.1. The van der Waals surface area contributed by atoms with Gasteiger partial charge in [0.05, 0.1) is 6.61 Å². The first kappa shape index (κ1) is 10.8. The smallest absolute Gasteiger partial charge is 0.220 e. The van der Waals surface area contributed by atoms with Crippen molar-refractivity contribution in [1.82, 2.24) is 0 Å². The molecule has 0 aromatic rings. The van der Waals surface area contributed by atoms with E-state index >= 15 is 0 Å². The van der Waals surface area contributed by atoms with Crippen molar-refractivity contribution in [3.63, 3.8) is 0 Å². The predicted molar refractivity (Wildman–Crippen MR) is 40.8 cm³/mol. The van der Waals surface area contributed by atoms with Crippen molar-refractivity contribution < 1.29 is 29.9 Å². The van der Waals surface area contributed by atoms with E-state index in [0.29, 0.717) is 0 Å². The van der Waals surface area contributed by atoms with E-state index in [0.717, 1.165) is 0 Å². The lowest BCUT2D eigenvalue weighted by Gasteiger charge is -2.42. The van der Waals surface area contributed by atoms with Crippen LogP contribution < -0.4 is 0 Å².